The van der Waals surface area contributed by atoms with Gasteiger partial charge in [-0.25, -0.2) is 0 Å². The van der Waals surface area contributed by atoms with Crippen molar-refractivity contribution in [2.75, 3.05) is 19.7 Å². The molecule has 0 radical (unpaired) electrons. The van der Waals surface area contributed by atoms with E-state index >= 15 is 0 Å². The largest absolute Gasteiger partial charge is 0.392 e. The van der Waals surface area contributed by atoms with Gasteiger partial charge in [0.25, 0.3) is 0 Å². The lowest BCUT2D eigenvalue weighted by Gasteiger charge is -2.33. The van der Waals surface area contributed by atoms with E-state index < -0.39 is 6.10 Å². The monoisotopic (exact) mass is 281 g/mol. The highest BCUT2D eigenvalue weighted by Crippen LogP contribution is 2.28. The lowest BCUT2D eigenvalue weighted by molar-refractivity contribution is -0.0548. The summed E-state index contributed by atoms with van der Waals surface area (Å²) < 4.78 is 11.1. The molecule has 0 spiro atoms. The summed E-state index contributed by atoms with van der Waals surface area (Å²) in [6.45, 7) is 6.68. The van der Waals surface area contributed by atoms with Gasteiger partial charge in [-0.05, 0) is 25.3 Å². The van der Waals surface area contributed by atoms with Gasteiger partial charge in [-0.1, -0.05) is 19.0 Å². The van der Waals surface area contributed by atoms with E-state index in [0.29, 0.717) is 24.2 Å². The molecule has 112 valence electrons. The van der Waals surface area contributed by atoms with Gasteiger partial charge in [0.2, 0.25) is 11.7 Å². The Hall–Kier alpha value is -0.980. The highest BCUT2D eigenvalue weighted by atomic mass is 16.5. The molecule has 0 bridgehead atoms. The third kappa shape index (κ3) is 2.87. The van der Waals surface area contributed by atoms with Crippen molar-refractivity contribution in [2.45, 2.75) is 51.4 Å². The molecule has 0 aromatic carbocycles. The number of aromatic nitrogens is 2. The van der Waals surface area contributed by atoms with E-state index in [2.05, 4.69) is 15.0 Å². The first kappa shape index (κ1) is 14.0. The Morgan fingerprint density at radius 3 is 3.10 bits per heavy atom. The summed E-state index contributed by atoms with van der Waals surface area (Å²) in [5.74, 6) is 1.29. The summed E-state index contributed by atoms with van der Waals surface area (Å²) >= 11 is 0. The lowest BCUT2D eigenvalue weighted by Crippen LogP contribution is -2.42. The second kappa shape index (κ2) is 5.79. The van der Waals surface area contributed by atoms with Gasteiger partial charge in [0, 0.05) is 12.6 Å². The maximum absolute atomic E-state index is 9.86. The van der Waals surface area contributed by atoms with Crippen LogP contribution in [0, 0.1) is 5.92 Å². The minimum absolute atomic E-state index is 0.0990. The average Bonchev–Trinajstić information content (AvgIpc) is 3.05. The smallest absolute Gasteiger partial charge is 0.229 e. The van der Waals surface area contributed by atoms with E-state index in [1.54, 1.807) is 0 Å². The van der Waals surface area contributed by atoms with Gasteiger partial charge in [-0.2, -0.15) is 4.98 Å². The molecule has 0 amide bonds. The first-order chi connectivity index (χ1) is 9.63. The van der Waals surface area contributed by atoms with E-state index in [0.717, 1.165) is 19.7 Å². The van der Waals surface area contributed by atoms with Crippen LogP contribution in [-0.2, 0) is 11.2 Å². The van der Waals surface area contributed by atoms with Crippen LogP contribution in [0.5, 0.6) is 0 Å². The zero-order chi connectivity index (χ0) is 14.1. The molecule has 1 N–H and O–H groups in total. The van der Waals surface area contributed by atoms with E-state index in [4.69, 9.17) is 9.26 Å². The molecule has 0 saturated carbocycles. The summed E-state index contributed by atoms with van der Waals surface area (Å²) in [5.41, 5.74) is 0. The number of rotatable bonds is 4. The standard InChI is InChI=1S/C14H23N3O3/c1-9(2)11(18)6-13-15-14(16-20-13)12-7-17-5-3-4-10(17)8-19-12/h9-12,18H,3-8H2,1-2H3. The van der Waals surface area contributed by atoms with Crippen LogP contribution < -0.4 is 0 Å². The van der Waals surface area contributed by atoms with Crippen molar-refractivity contribution in [1.29, 1.82) is 0 Å². The van der Waals surface area contributed by atoms with E-state index in [1.165, 1.54) is 12.8 Å². The molecule has 2 aliphatic heterocycles. The van der Waals surface area contributed by atoms with E-state index in [1.807, 2.05) is 13.8 Å². The van der Waals surface area contributed by atoms with Crippen LogP contribution >= 0.6 is 0 Å². The minimum atomic E-state index is -0.446. The maximum atomic E-state index is 9.86. The zero-order valence-electron chi connectivity index (χ0n) is 12.2. The van der Waals surface area contributed by atoms with Gasteiger partial charge in [-0.3, -0.25) is 4.90 Å². The highest BCUT2D eigenvalue weighted by molar-refractivity contribution is 4.97. The predicted molar refractivity (Wildman–Crippen MR) is 72.1 cm³/mol. The second-order valence-corrected chi connectivity index (χ2v) is 6.17. The summed E-state index contributed by atoms with van der Waals surface area (Å²) in [6, 6.07) is 0.570. The van der Waals surface area contributed by atoms with Crippen molar-refractivity contribution in [1.82, 2.24) is 15.0 Å². The molecule has 6 nitrogen and oxygen atoms in total. The molecule has 1 aromatic heterocycles. The molecule has 3 atom stereocenters. The average molecular weight is 281 g/mol. The Morgan fingerprint density at radius 1 is 1.45 bits per heavy atom. The van der Waals surface area contributed by atoms with Gasteiger partial charge in [0.1, 0.15) is 6.10 Å². The molecule has 0 aliphatic carbocycles. The minimum Gasteiger partial charge on any atom is -0.392 e. The van der Waals surface area contributed by atoms with Crippen LogP contribution in [-0.4, -0.2) is 52.0 Å². The lowest BCUT2D eigenvalue weighted by atomic mass is 10.0. The number of aliphatic hydroxyl groups is 1. The van der Waals surface area contributed by atoms with Crippen molar-refractivity contribution in [2.24, 2.45) is 5.92 Å². The van der Waals surface area contributed by atoms with Crippen molar-refractivity contribution in [3.8, 4) is 0 Å². The molecule has 3 unspecified atom stereocenters. The Morgan fingerprint density at radius 2 is 2.30 bits per heavy atom. The third-order valence-corrected chi connectivity index (χ3v) is 4.31. The SMILES string of the molecule is CC(C)C(O)Cc1nc(C2CN3CCCC3CO2)no1. The second-order valence-electron chi connectivity index (χ2n) is 6.17. The Kier molecular flexibility index (Phi) is 4.05. The molecule has 2 fully saturated rings. The van der Waals surface area contributed by atoms with Crippen molar-refractivity contribution < 1.29 is 14.4 Å². The molecule has 2 saturated heterocycles. The van der Waals surface area contributed by atoms with Crippen LogP contribution in [0.3, 0.4) is 0 Å². The van der Waals surface area contributed by atoms with Gasteiger partial charge in [-0.15, -0.1) is 0 Å². The van der Waals surface area contributed by atoms with E-state index in [9.17, 15) is 5.11 Å². The fourth-order valence-electron chi connectivity index (χ4n) is 2.87. The number of hydrogen-bond donors (Lipinski definition) is 1. The Labute approximate surface area is 119 Å². The number of fused-ring (bicyclic) bond motifs is 1. The number of nitrogens with zero attached hydrogens (tertiary/aromatic N) is 3. The number of ether oxygens (including phenoxy) is 1. The van der Waals surface area contributed by atoms with Crippen LogP contribution in [0.4, 0.5) is 0 Å². The summed E-state index contributed by atoms with van der Waals surface area (Å²) in [4.78, 5) is 6.83. The van der Waals surface area contributed by atoms with Gasteiger partial charge < -0.3 is 14.4 Å². The third-order valence-electron chi connectivity index (χ3n) is 4.31. The topological polar surface area (TPSA) is 71.6 Å². The van der Waals surface area contributed by atoms with Gasteiger partial charge >= 0.3 is 0 Å². The van der Waals surface area contributed by atoms with Gasteiger partial charge in [0.15, 0.2) is 0 Å². The fraction of sp³-hybridized carbons (Fsp3) is 0.857. The van der Waals surface area contributed by atoms with Crippen LogP contribution in [0.15, 0.2) is 4.52 Å². The maximum Gasteiger partial charge on any atom is 0.229 e. The number of aliphatic hydroxyl groups excluding tert-OH is 1. The molecule has 20 heavy (non-hydrogen) atoms. The van der Waals surface area contributed by atoms with Crippen molar-refractivity contribution >= 4 is 0 Å². The number of morpholine rings is 1. The molecular weight excluding hydrogens is 258 g/mol. The van der Waals surface area contributed by atoms with Crippen LogP contribution in [0.25, 0.3) is 0 Å². The molecule has 2 aliphatic rings. The molecule has 3 heterocycles. The zero-order valence-corrected chi connectivity index (χ0v) is 12.2. The molecule has 3 rings (SSSR count). The quantitative estimate of drug-likeness (QED) is 0.893. The van der Waals surface area contributed by atoms with Crippen LogP contribution in [0.1, 0.15) is 44.5 Å². The molecule has 6 heteroatoms. The van der Waals surface area contributed by atoms with E-state index in [-0.39, 0.29) is 12.0 Å². The van der Waals surface area contributed by atoms with Crippen LogP contribution in [0.2, 0.25) is 0 Å². The number of hydrogen-bond acceptors (Lipinski definition) is 6. The normalized spacial score (nSPS) is 28.8. The first-order valence-corrected chi connectivity index (χ1v) is 7.49. The van der Waals surface area contributed by atoms with Crippen molar-refractivity contribution in [3.63, 3.8) is 0 Å². The summed E-state index contributed by atoms with van der Waals surface area (Å²) in [5, 5.41) is 13.9. The highest BCUT2D eigenvalue weighted by Gasteiger charge is 2.34. The Balaban J connectivity index is 1.62. The Bertz CT molecular complexity index is 449. The van der Waals surface area contributed by atoms with Gasteiger partial charge in [0.05, 0.1) is 19.1 Å². The summed E-state index contributed by atoms with van der Waals surface area (Å²) in [6.07, 6.45) is 2.34. The summed E-state index contributed by atoms with van der Waals surface area (Å²) in [7, 11) is 0. The predicted octanol–water partition coefficient (Wildman–Crippen LogP) is 1.16. The molecule has 1 aromatic rings. The fourth-order valence-corrected chi connectivity index (χ4v) is 2.87. The van der Waals surface area contributed by atoms with Crippen molar-refractivity contribution in [3.05, 3.63) is 11.7 Å². The molecular formula is C14H23N3O3. The first-order valence-electron chi connectivity index (χ1n) is 7.49.